The normalized spacial score (nSPS) is 17.5. The average Bonchev–Trinajstić information content (AvgIpc) is 3.09. The standard InChI is InChI=1S/C21H25NO3S/c1-3-6-19-9-5-14-22(19)21(23)18-8-4-7-17(15-18)16-10-12-20(13-11-16)26(2,24)25/h4,7-8,10-13,15,19H,3,5-6,9,14H2,1-2H3/t19-/m0/s1. The first kappa shape index (κ1) is 18.6. The minimum Gasteiger partial charge on any atom is -0.336 e. The Hall–Kier alpha value is -2.14. The van der Waals surface area contributed by atoms with Gasteiger partial charge in [-0.3, -0.25) is 4.79 Å². The van der Waals surface area contributed by atoms with Crippen LogP contribution in [0.3, 0.4) is 0 Å². The fourth-order valence-electron chi connectivity index (χ4n) is 3.63. The summed E-state index contributed by atoms with van der Waals surface area (Å²) in [5.41, 5.74) is 2.51. The Morgan fingerprint density at radius 2 is 1.85 bits per heavy atom. The van der Waals surface area contributed by atoms with Crippen LogP contribution in [0.5, 0.6) is 0 Å². The Morgan fingerprint density at radius 3 is 2.50 bits per heavy atom. The van der Waals surface area contributed by atoms with Crippen LogP contribution in [-0.2, 0) is 9.84 Å². The van der Waals surface area contributed by atoms with E-state index in [0.717, 1.165) is 43.4 Å². The second-order valence-electron chi connectivity index (χ2n) is 6.96. The molecule has 4 nitrogen and oxygen atoms in total. The van der Waals surface area contributed by atoms with Gasteiger partial charge >= 0.3 is 0 Å². The van der Waals surface area contributed by atoms with Gasteiger partial charge in [-0.15, -0.1) is 0 Å². The largest absolute Gasteiger partial charge is 0.336 e. The molecule has 0 radical (unpaired) electrons. The van der Waals surface area contributed by atoms with Gasteiger partial charge in [0.15, 0.2) is 9.84 Å². The smallest absolute Gasteiger partial charge is 0.254 e. The maximum absolute atomic E-state index is 12.9. The van der Waals surface area contributed by atoms with Crippen LogP contribution in [0.2, 0.25) is 0 Å². The zero-order valence-corrected chi connectivity index (χ0v) is 16.1. The van der Waals surface area contributed by atoms with Gasteiger partial charge in [-0.05, 0) is 54.7 Å². The lowest BCUT2D eigenvalue weighted by Gasteiger charge is -2.24. The first-order valence-electron chi connectivity index (χ1n) is 9.11. The van der Waals surface area contributed by atoms with Crippen molar-refractivity contribution in [3.8, 4) is 11.1 Å². The number of likely N-dealkylation sites (tertiary alicyclic amines) is 1. The summed E-state index contributed by atoms with van der Waals surface area (Å²) in [4.78, 5) is 15.3. The fourth-order valence-corrected chi connectivity index (χ4v) is 4.26. The van der Waals surface area contributed by atoms with E-state index < -0.39 is 9.84 Å². The molecule has 0 spiro atoms. The number of hydrogen-bond donors (Lipinski definition) is 0. The van der Waals surface area contributed by atoms with E-state index in [4.69, 9.17) is 0 Å². The van der Waals surface area contributed by atoms with Crippen molar-refractivity contribution in [1.82, 2.24) is 4.90 Å². The van der Waals surface area contributed by atoms with E-state index >= 15 is 0 Å². The van der Waals surface area contributed by atoms with Crippen LogP contribution in [0, 0.1) is 0 Å². The van der Waals surface area contributed by atoms with Crippen LogP contribution in [0.1, 0.15) is 43.0 Å². The Bertz CT molecular complexity index is 888. The monoisotopic (exact) mass is 371 g/mol. The molecule has 138 valence electrons. The Balaban J connectivity index is 1.85. The van der Waals surface area contributed by atoms with Gasteiger partial charge in [0.2, 0.25) is 0 Å². The second kappa shape index (κ2) is 7.62. The Labute approximate surface area is 155 Å². The highest BCUT2D eigenvalue weighted by atomic mass is 32.2. The topological polar surface area (TPSA) is 54.5 Å². The van der Waals surface area contributed by atoms with Gasteiger partial charge in [-0.2, -0.15) is 0 Å². The molecule has 2 aromatic rings. The maximum atomic E-state index is 12.9. The minimum absolute atomic E-state index is 0.0931. The lowest BCUT2D eigenvalue weighted by Crippen LogP contribution is -2.35. The van der Waals surface area contributed by atoms with Crippen LogP contribution < -0.4 is 0 Å². The van der Waals surface area contributed by atoms with Gasteiger partial charge in [-0.25, -0.2) is 8.42 Å². The third-order valence-electron chi connectivity index (χ3n) is 4.99. The molecular formula is C21H25NO3S. The predicted octanol–water partition coefficient (Wildman–Crippen LogP) is 4.16. The van der Waals surface area contributed by atoms with Crippen LogP contribution in [0.15, 0.2) is 53.4 Å². The molecule has 5 heteroatoms. The first-order valence-corrected chi connectivity index (χ1v) is 11.0. The molecule has 1 aliphatic rings. The van der Waals surface area contributed by atoms with Crippen LogP contribution in [-0.4, -0.2) is 38.1 Å². The minimum atomic E-state index is -3.21. The number of sulfone groups is 1. The van der Waals surface area contributed by atoms with Crippen molar-refractivity contribution in [2.75, 3.05) is 12.8 Å². The van der Waals surface area contributed by atoms with E-state index in [-0.39, 0.29) is 5.91 Å². The predicted molar refractivity (Wildman–Crippen MR) is 104 cm³/mol. The summed E-state index contributed by atoms with van der Waals surface area (Å²) < 4.78 is 23.2. The van der Waals surface area contributed by atoms with E-state index in [1.54, 1.807) is 24.3 Å². The Kier molecular flexibility index (Phi) is 5.47. The molecule has 1 atom stereocenters. The summed E-state index contributed by atoms with van der Waals surface area (Å²) in [6.45, 7) is 2.98. The van der Waals surface area contributed by atoms with Crippen molar-refractivity contribution in [2.24, 2.45) is 0 Å². The molecule has 26 heavy (non-hydrogen) atoms. The van der Waals surface area contributed by atoms with E-state index in [1.165, 1.54) is 6.26 Å². The number of carbonyl (C=O) groups excluding carboxylic acids is 1. The molecule has 0 unspecified atom stereocenters. The molecule has 2 aromatic carbocycles. The van der Waals surface area contributed by atoms with E-state index in [0.29, 0.717) is 16.5 Å². The van der Waals surface area contributed by atoms with Crippen molar-refractivity contribution < 1.29 is 13.2 Å². The molecule has 1 aliphatic heterocycles. The quantitative estimate of drug-likeness (QED) is 0.793. The van der Waals surface area contributed by atoms with Crippen LogP contribution in [0.4, 0.5) is 0 Å². The molecule has 1 heterocycles. The number of benzene rings is 2. The van der Waals surface area contributed by atoms with E-state index in [1.807, 2.05) is 29.2 Å². The lowest BCUT2D eigenvalue weighted by molar-refractivity contribution is 0.0730. The number of hydrogen-bond acceptors (Lipinski definition) is 3. The zero-order valence-electron chi connectivity index (χ0n) is 15.3. The molecule has 0 bridgehead atoms. The molecule has 0 saturated carbocycles. The van der Waals surface area contributed by atoms with Gasteiger partial charge in [0.1, 0.15) is 0 Å². The van der Waals surface area contributed by atoms with Crippen molar-refractivity contribution in [2.45, 2.75) is 43.5 Å². The second-order valence-corrected chi connectivity index (χ2v) is 8.98. The molecule has 0 aliphatic carbocycles. The Morgan fingerprint density at radius 1 is 1.12 bits per heavy atom. The number of amides is 1. The lowest BCUT2D eigenvalue weighted by atomic mass is 10.0. The third-order valence-corrected chi connectivity index (χ3v) is 6.11. The van der Waals surface area contributed by atoms with Crippen LogP contribution >= 0.6 is 0 Å². The van der Waals surface area contributed by atoms with Gasteiger partial charge in [0.05, 0.1) is 4.90 Å². The number of rotatable bonds is 5. The highest BCUT2D eigenvalue weighted by Gasteiger charge is 2.28. The molecule has 3 rings (SSSR count). The van der Waals surface area contributed by atoms with Gasteiger partial charge in [0.25, 0.3) is 5.91 Å². The third kappa shape index (κ3) is 3.98. The van der Waals surface area contributed by atoms with Crippen LogP contribution in [0.25, 0.3) is 11.1 Å². The molecule has 1 fully saturated rings. The highest BCUT2D eigenvalue weighted by molar-refractivity contribution is 7.90. The SMILES string of the molecule is CCC[C@H]1CCCN1C(=O)c1cccc(-c2ccc(S(C)(=O)=O)cc2)c1. The number of nitrogens with zero attached hydrogens (tertiary/aromatic N) is 1. The highest BCUT2D eigenvalue weighted by Crippen LogP contribution is 2.26. The number of carbonyl (C=O) groups is 1. The molecule has 0 N–H and O–H groups in total. The van der Waals surface area contributed by atoms with Gasteiger partial charge in [0, 0.05) is 24.4 Å². The molecule has 1 saturated heterocycles. The first-order chi connectivity index (χ1) is 12.4. The van der Waals surface area contributed by atoms with E-state index in [2.05, 4.69) is 6.92 Å². The summed E-state index contributed by atoms with van der Waals surface area (Å²) in [7, 11) is -3.21. The summed E-state index contributed by atoms with van der Waals surface area (Å²) in [6.07, 6.45) is 5.50. The van der Waals surface area contributed by atoms with E-state index in [9.17, 15) is 13.2 Å². The van der Waals surface area contributed by atoms with Crippen molar-refractivity contribution >= 4 is 15.7 Å². The summed E-state index contributed by atoms with van der Waals surface area (Å²) >= 11 is 0. The summed E-state index contributed by atoms with van der Waals surface area (Å²) in [5.74, 6) is 0.0931. The average molecular weight is 372 g/mol. The molecular weight excluding hydrogens is 346 g/mol. The van der Waals surface area contributed by atoms with Gasteiger partial charge in [-0.1, -0.05) is 37.6 Å². The molecule has 0 aromatic heterocycles. The zero-order chi connectivity index (χ0) is 18.7. The van der Waals surface area contributed by atoms with Crippen molar-refractivity contribution in [3.63, 3.8) is 0 Å². The van der Waals surface area contributed by atoms with Gasteiger partial charge < -0.3 is 4.90 Å². The van der Waals surface area contributed by atoms with Crippen molar-refractivity contribution in [3.05, 3.63) is 54.1 Å². The fraction of sp³-hybridized carbons (Fsp3) is 0.381. The molecule has 1 amide bonds. The summed E-state index contributed by atoms with van der Waals surface area (Å²) in [5, 5.41) is 0. The maximum Gasteiger partial charge on any atom is 0.254 e. The summed E-state index contributed by atoms with van der Waals surface area (Å²) in [6, 6.07) is 14.7. The van der Waals surface area contributed by atoms with Crippen molar-refractivity contribution in [1.29, 1.82) is 0 Å².